The number of morpholine rings is 1. The minimum Gasteiger partial charge on any atom is -0.379 e. The number of carbonyl (C=O) groups excluding carboxylic acids is 1. The molecule has 8 heteroatoms. The fourth-order valence-electron chi connectivity index (χ4n) is 3.26. The van der Waals surface area contributed by atoms with Gasteiger partial charge in [0.05, 0.1) is 25.2 Å². The summed E-state index contributed by atoms with van der Waals surface area (Å²) in [5, 5.41) is 2.85. The molecule has 0 spiro atoms. The average Bonchev–Trinajstić information content (AvgIpc) is 2.65. The predicted molar refractivity (Wildman–Crippen MR) is 108 cm³/mol. The molecule has 0 atom stereocenters. The van der Waals surface area contributed by atoms with Gasteiger partial charge in [-0.3, -0.25) is 14.0 Å². The largest absolute Gasteiger partial charge is 0.379 e. The first-order chi connectivity index (χ1) is 12.9. The number of benzene rings is 1. The SMILES string of the molecule is CCc1cccc(CC)c1N(CC(=O)NCCN1CCOCC1)S(C)(=O)=O. The Balaban J connectivity index is 2.08. The molecule has 0 radical (unpaired) electrons. The molecule has 7 nitrogen and oxygen atoms in total. The third-order valence-electron chi connectivity index (χ3n) is 4.76. The molecule has 2 rings (SSSR count). The minimum absolute atomic E-state index is 0.202. The maximum absolute atomic E-state index is 12.5. The van der Waals surface area contributed by atoms with E-state index in [2.05, 4.69) is 10.2 Å². The third-order valence-corrected chi connectivity index (χ3v) is 5.87. The summed E-state index contributed by atoms with van der Waals surface area (Å²) in [6, 6.07) is 5.77. The van der Waals surface area contributed by atoms with Crippen molar-refractivity contribution in [2.24, 2.45) is 0 Å². The molecule has 1 heterocycles. The first-order valence-electron chi connectivity index (χ1n) is 9.52. The maximum atomic E-state index is 12.5. The Kier molecular flexibility index (Phi) is 8.07. The number of aryl methyl sites for hydroxylation is 2. The monoisotopic (exact) mass is 397 g/mol. The summed E-state index contributed by atoms with van der Waals surface area (Å²) in [7, 11) is -3.58. The van der Waals surface area contributed by atoms with Gasteiger partial charge < -0.3 is 10.1 Å². The molecule has 0 aromatic heterocycles. The van der Waals surface area contributed by atoms with Crippen molar-refractivity contribution >= 4 is 21.6 Å². The van der Waals surface area contributed by atoms with E-state index in [1.807, 2.05) is 32.0 Å². The van der Waals surface area contributed by atoms with Gasteiger partial charge in [-0.05, 0) is 24.0 Å². The van der Waals surface area contributed by atoms with Crippen molar-refractivity contribution in [3.8, 4) is 0 Å². The Morgan fingerprint density at radius 1 is 1.19 bits per heavy atom. The molecule has 1 amide bonds. The van der Waals surface area contributed by atoms with E-state index in [1.165, 1.54) is 4.31 Å². The molecule has 0 aliphatic carbocycles. The number of hydrogen-bond donors (Lipinski definition) is 1. The Labute approximate surface area is 162 Å². The fraction of sp³-hybridized carbons (Fsp3) is 0.632. The lowest BCUT2D eigenvalue weighted by molar-refractivity contribution is -0.119. The Morgan fingerprint density at radius 2 is 1.78 bits per heavy atom. The average molecular weight is 398 g/mol. The minimum atomic E-state index is -3.58. The van der Waals surface area contributed by atoms with Crippen LogP contribution in [-0.2, 0) is 32.4 Å². The van der Waals surface area contributed by atoms with Gasteiger partial charge in [0.15, 0.2) is 0 Å². The second-order valence-corrected chi connectivity index (χ2v) is 8.61. The summed E-state index contributed by atoms with van der Waals surface area (Å²) >= 11 is 0. The highest BCUT2D eigenvalue weighted by Crippen LogP contribution is 2.28. The van der Waals surface area contributed by atoms with Gasteiger partial charge in [-0.25, -0.2) is 8.42 Å². The van der Waals surface area contributed by atoms with E-state index < -0.39 is 10.0 Å². The van der Waals surface area contributed by atoms with E-state index in [4.69, 9.17) is 4.74 Å². The highest BCUT2D eigenvalue weighted by molar-refractivity contribution is 7.92. The van der Waals surface area contributed by atoms with E-state index in [0.29, 0.717) is 38.3 Å². The zero-order valence-electron chi connectivity index (χ0n) is 16.5. The van der Waals surface area contributed by atoms with Crippen molar-refractivity contribution in [3.05, 3.63) is 29.3 Å². The normalized spacial score (nSPS) is 15.5. The van der Waals surface area contributed by atoms with E-state index in [-0.39, 0.29) is 12.5 Å². The summed E-state index contributed by atoms with van der Waals surface area (Å²) in [4.78, 5) is 14.7. The molecule has 27 heavy (non-hydrogen) atoms. The summed E-state index contributed by atoms with van der Waals surface area (Å²) in [6.07, 6.45) is 2.56. The van der Waals surface area contributed by atoms with Crippen molar-refractivity contribution < 1.29 is 17.9 Å². The number of sulfonamides is 1. The van der Waals surface area contributed by atoms with Gasteiger partial charge in [-0.15, -0.1) is 0 Å². The highest BCUT2D eigenvalue weighted by Gasteiger charge is 2.25. The van der Waals surface area contributed by atoms with Crippen LogP contribution in [0.2, 0.25) is 0 Å². The summed E-state index contributed by atoms with van der Waals surface area (Å²) in [5.74, 6) is -0.290. The van der Waals surface area contributed by atoms with Crippen LogP contribution in [0.3, 0.4) is 0 Å². The quantitative estimate of drug-likeness (QED) is 0.673. The van der Waals surface area contributed by atoms with Gasteiger partial charge >= 0.3 is 0 Å². The Hall–Kier alpha value is -1.64. The number of nitrogens with one attached hydrogen (secondary N) is 1. The summed E-state index contributed by atoms with van der Waals surface area (Å²) in [5.41, 5.74) is 2.51. The van der Waals surface area contributed by atoms with Crippen LogP contribution >= 0.6 is 0 Å². The van der Waals surface area contributed by atoms with Crippen LogP contribution in [0.25, 0.3) is 0 Å². The summed E-state index contributed by atoms with van der Waals surface area (Å²) in [6.45, 7) is 8.14. The smallest absolute Gasteiger partial charge is 0.240 e. The van der Waals surface area contributed by atoms with Gasteiger partial charge in [0, 0.05) is 26.2 Å². The lowest BCUT2D eigenvalue weighted by Crippen LogP contribution is -2.45. The number of hydrogen-bond acceptors (Lipinski definition) is 5. The van der Waals surface area contributed by atoms with Crippen molar-refractivity contribution in [1.29, 1.82) is 0 Å². The molecule has 1 aromatic rings. The Bertz CT molecular complexity index is 708. The molecule has 0 bridgehead atoms. The van der Waals surface area contributed by atoms with Gasteiger partial charge in [0.2, 0.25) is 15.9 Å². The molecule has 0 unspecified atom stereocenters. The highest BCUT2D eigenvalue weighted by atomic mass is 32.2. The third kappa shape index (κ3) is 6.19. The standard InChI is InChI=1S/C19H31N3O4S/c1-4-16-7-6-8-17(5-2)19(16)22(27(3,24)25)15-18(23)20-9-10-21-11-13-26-14-12-21/h6-8H,4-5,9-15H2,1-3H3,(H,20,23). The zero-order chi connectivity index (χ0) is 19.9. The molecule has 1 fully saturated rings. The molecule has 1 aliphatic heterocycles. The van der Waals surface area contributed by atoms with Gasteiger partial charge in [-0.1, -0.05) is 32.0 Å². The number of nitrogens with zero attached hydrogens (tertiary/aromatic N) is 2. The van der Waals surface area contributed by atoms with Crippen LogP contribution in [0.1, 0.15) is 25.0 Å². The second kappa shape index (κ2) is 10.1. The molecule has 1 aromatic carbocycles. The number of ether oxygens (including phenoxy) is 1. The van der Waals surface area contributed by atoms with Crippen LogP contribution < -0.4 is 9.62 Å². The number of carbonyl (C=O) groups is 1. The van der Waals surface area contributed by atoms with E-state index in [1.54, 1.807) is 0 Å². The van der Waals surface area contributed by atoms with Crippen molar-refractivity contribution in [1.82, 2.24) is 10.2 Å². The van der Waals surface area contributed by atoms with Crippen molar-refractivity contribution in [2.75, 3.05) is 56.5 Å². The number of para-hydroxylation sites is 1. The number of amides is 1. The topological polar surface area (TPSA) is 79.0 Å². The first-order valence-corrected chi connectivity index (χ1v) is 11.4. The first kappa shape index (κ1) is 21.7. The van der Waals surface area contributed by atoms with E-state index in [9.17, 15) is 13.2 Å². The molecular weight excluding hydrogens is 366 g/mol. The molecular formula is C19H31N3O4S. The van der Waals surface area contributed by atoms with E-state index >= 15 is 0 Å². The predicted octanol–water partition coefficient (Wildman–Crippen LogP) is 1.03. The Morgan fingerprint density at radius 3 is 2.30 bits per heavy atom. The van der Waals surface area contributed by atoms with Crippen molar-refractivity contribution in [3.63, 3.8) is 0 Å². The molecule has 1 aliphatic rings. The molecule has 1 N–H and O–H groups in total. The summed E-state index contributed by atoms with van der Waals surface area (Å²) < 4.78 is 31.4. The lowest BCUT2D eigenvalue weighted by Gasteiger charge is -2.28. The van der Waals surface area contributed by atoms with Gasteiger partial charge in [0.1, 0.15) is 6.54 Å². The van der Waals surface area contributed by atoms with Gasteiger partial charge in [0.25, 0.3) is 0 Å². The number of rotatable bonds is 9. The van der Waals surface area contributed by atoms with Crippen LogP contribution in [0.5, 0.6) is 0 Å². The fourth-order valence-corrected chi connectivity index (χ4v) is 4.18. The molecule has 152 valence electrons. The second-order valence-electron chi connectivity index (χ2n) is 6.71. The maximum Gasteiger partial charge on any atom is 0.240 e. The lowest BCUT2D eigenvalue weighted by atomic mass is 10.0. The zero-order valence-corrected chi connectivity index (χ0v) is 17.3. The molecule has 1 saturated heterocycles. The van der Waals surface area contributed by atoms with Crippen LogP contribution in [0, 0.1) is 0 Å². The van der Waals surface area contributed by atoms with E-state index in [0.717, 1.165) is 37.0 Å². The van der Waals surface area contributed by atoms with Crippen LogP contribution in [0.15, 0.2) is 18.2 Å². The van der Waals surface area contributed by atoms with Crippen molar-refractivity contribution in [2.45, 2.75) is 26.7 Å². The number of anilines is 1. The van der Waals surface area contributed by atoms with Gasteiger partial charge in [-0.2, -0.15) is 0 Å². The molecule has 0 saturated carbocycles. The van der Waals surface area contributed by atoms with Crippen LogP contribution in [-0.4, -0.2) is 71.4 Å². The van der Waals surface area contributed by atoms with Crippen LogP contribution in [0.4, 0.5) is 5.69 Å².